The predicted molar refractivity (Wildman–Crippen MR) is 74.2 cm³/mol. The fourth-order valence-electron chi connectivity index (χ4n) is 1.67. The lowest BCUT2D eigenvalue weighted by Crippen LogP contribution is -2.09. The molecule has 0 heterocycles. The summed E-state index contributed by atoms with van der Waals surface area (Å²) in [4.78, 5) is 22.2. The van der Waals surface area contributed by atoms with Crippen LogP contribution in [0.3, 0.4) is 0 Å². The van der Waals surface area contributed by atoms with Crippen LogP contribution in [0.25, 0.3) is 0 Å². The quantitative estimate of drug-likeness (QED) is 0.373. The Kier molecular flexibility index (Phi) is 4.00. The van der Waals surface area contributed by atoms with Crippen molar-refractivity contribution in [2.24, 2.45) is 0 Å². The molecule has 5 nitrogen and oxygen atoms in total. The number of carbonyl (C=O) groups is 1. The topological polar surface area (TPSA) is 69.4 Å². The highest BCUT2D eigenvalue weighted by atomic mass is 35.5. The second kappa shape index (κ2) is 5.71. The van der Waals surface area contributed by atoms with Crippen LogP contribution in [-0.4, -0.2) is 10.9 Å². The zero-order valence-corrected chi connectivity index (χ0v) is 11.3. The predicted octanol–water partition coefficient (Wildman–Crippen LogP) is 3.78. The molecular formula is C14H10ClNO4. The standard InChI is InChI=1S/C14H10ClNO4/c1-9-8-10(6-7-12(9)16(18)19)14(17)20-13-5-3-2-4-11(13)15/h2-8H,1H3. The number of rotatable bonds is 3. The number of nitro benzene ring substituents is 1. The van der Waals surface area contributed by atoms with Gasteiger partial charge in [0.05, 0.1) is 15.5 Å². The van der Waals surface area contributed by atoms with Gasteiger partial charge in [0.2, 0.25) is 0 Å². The van der Waals surface area contributed by atoms with Crippen LogP contribution in [-0.2, 0) is 0 Å². The Morgan fingerprint density at radius 3 is 2.55 bits per heavy atom. The minimum Gasteiger partial charge on any atom is -0.421 e. The van der Waals surface area contributed by atoms with Gasteiger partial charge in [0.15, 0.2) is 0 Å². The van der Waals surface area contributed by atoms with Crippen molar-refractivity contribution in [3.63, 3.8) is 0 Å². The summed E-state index contributed by atoms with van der Waals surface area (Å²) in [5.41, 5.74) is 0.580. The Balaban J connectivity index is 2.24. The van der Waals surface area contributed by atoms with Gasteiger partial charge in [-0.2, -0.15) is 0 Å². The van der Waals surface area contributed by atoms with Gasteiger partial charge in [0.25, 0.3) is 5.69 Å². The van der Waals surface area contributed by atoms with E-state index in [0.29, 0.717) is 10.6 Å². The molecule has 20 heavy (non-hydrogen) atoms. The fraction of sp³-hybridized carbons (Fsp3) is 0.0714. The van der Waals surface area contributed by atoms with Crippen molar-refractivity contribution in [2.75, 3.05) is 0 Å². The van der Waals surface area contributed by atoms with Crippen molar-refractivity contribution in [1.82, 2.24) is 0 Å². The number of halogens is 1. The molecule has 6 heteroatoms. The lowest BCUT2D eigenvalue weighted by atomic mass is 10.1. The van der Waals surface area contributed by atoms with Crippen molar-refractivity contribution >= 4 is 23.3 Å². The molecule has 0 aliphatic rings. The van der Waals surface area contributed by atoms with Gasteiger partial charge in [-0.25, -0.2) is 4.79 Å². The number of nitrogens with zero attached hydrogens (tertiary/aromatic N) is 1. The maximum absolute atomic E-state index is 11.9. The van der Waals surface area contributed by atoms with Gasteiger partial charge in [-0.1, -0.05) is 23.7 Å². The molecular weight excluding hydrogens is 282 g/mol. The molecule has 0 radical (unpaired) electrons. The molecule has 0 spiro atoms. The van der Waals surface area contributed by atoms with Crippen molar-refractivity contribution < 1.29 is 14.5 Å². The Morgan fingerprint density at radius 1 is 1.25 bits per heavy atom. The van der Waals surface area contributed by atoms with Crippen LogP contribution in [0.2, 0.25) is 5.02 Å². The van der Waals surface area contributed by atoms with E-state index in [9.17, 15) is 14.9 Å². The Labute approximate surface area is 119 Å². The maximum atomic E-state index is 11.9. The van der Waals surface area contributed by atoms with Crippen LogP contribution in [0.1, 0.15) is 15.9 Å². The molecule has 0 unspecified atom stereocenters. The molecule has 0 aliphatic heterocycles. The average Bonchev–Trinajstić information content (AvgIpc) is 2.40. The van der Waals surface area contributed by atoms with Crippen LogP contribution >= 0.6 is 11.6 Å². The van der Waals surface area contributed by atoms with Gasteiger partial charge in [-0.05, 0) is 31.2 Å². The molecule has 0 aliphatic carbocycles. The lowest BCUT2D eigenvalue weighted by Gasteiger charge is -2.06. The zero-order chi connectivity index (χ0) is 14.7. The highest BCUT2D eigenvalue weighted by molar-refractivity contribution is 6.32. The number of aryl methyl sites for hydroxylation is 1. The molecule has 0 fully saturated rings. The average molecular weight is 292 g/mol. The third-order valence-corrected chi connectivity index (χ3v) is 2.98. The van der Waals surface area contributed by atoms with Gasteiger partial charge in [-0.3, -0.25) is 10.1 Å². The van der Waals surface area contributed by atoms with Crippen LogP contribution < -0.4 is 4.74 Å². The molecule has 0 atom stereocenters. The second-order valence-corrected chi connectivity index (χ2v) is 4.49. The molecule has 0 bridgehead atoms. The number of benzene rings is 2. The summed E-state index contributed by atoms with van der Waals surface area (Å²) >= 11 is 5.89. The SMILES string of the molecule is Cc1cc(C(=O)Oc2ccccc2Cl)ccc1[N+](=O)[O-]. The van der Waals surface area contributed by atoms with Gasteiger partial charge in [-0.15, -0.1) is 0 Å². The highest BCUT2D eigenvalue weighted by Crippen LogP contribution is 2.25. The van der Waals surface area contributed by atoms with E-state index in [-0.39, 0.29) is 17.0 Å². The first kappa shape index (κ1) is 14.0. The molecule has 2 aromatic rings. The lowest BCUT2D eigenvalue weighted by molar-refractivity contribution is -0.385. The maximum Gasteiger partial charge on any atom is 0.343 e. The van der Waals surface area contributed by atoms with E-state index in [1.807, 2.05) is 0 Å². The summed E-state index contributed by atoms with van der Waals surface area (Å²) in [6.07, 6.45) is 0. The van der Waals surface area contributed by atoms with E-state index in [4.69, 9.17) is 16.3 Å². The van der Waals surface area contributed by atoms with Gasteiger partial charge >= 0.3 is 5.97 Å². The van der Waals surface area contributed by atoms with Gasteiger partial charge < -0.3 is 4.74 Å². The summed E-state index contributed by atoms with van der Waals surface area (Å²) in [5.74, 6) is -0.369. The van der Waals surface area contributed by atoms with E-state index in [1.165, 1.54) is 18.2 Å². The van der Waals surface area contributed by atoms with Crippen LogP contribution in [0.15, 0.2) is 42.5 Å². The van der Waals surface area contributed by atoms with E-state index < -0.39 is 10.9 Å². The van der Waals surface area contributed by atoms with Crippen LogP contribution in [0.4, 0.5) is 5.69 Å². The summed E-state index contributed by atoms with van der Waals surface area (Å²) in [6, 6.07) is 10.6. The minimum absolute atomic E-state index is 0.0423. The number of esters is 1. The molecule has 0 amide bonds. The van der Waals surface area contributed by atoms with Crippen molar-refractivity contribution in [2.45, 2.75) is 6.92 Å². The summed E-state index contributed by atoms with van der Waals surface area (Å²) in [6.45, 7) is 1.56. The highest BCUT2D eigenvalue weighted by Gasteiger charge is 2.15. The number of ether oxygens (including phenoxy) is 1. The summed E-state index contributed by atoms with van der Waals surface area (Å²) in [7, 11) is 0. The molecule has 2 rings (SSSR count). The first-order valence-electron chi connectivity index (χ1n) is 5.71. The fourth-order valence-corrected chi connectivity index (χ4v) is 1.85. The van der Waals surface area contributed by atoms with Gasteiger partial charge in [0.1, 0.15) is 5.75 Å². The van der Waals surface area contributed by atoms with E-state index in [2.05, 4.69) is 0 Å². The molecule has 0 saturated heterocycles. The van der Waals surface area contributed by atoms with Gasteiger partial charge in [0, 0.05) is 11.6 Å². The largest absolute Gasteiger partial charge is 0.421 e. The number of carbonyl (C=O) groups excluding carboxylic acids is 1. The Bertz CT molecular complexity index is 685. The third kappa shape index (κ3) is 2.95. The third-order valence-electron chi connectivity index (χ3n) is 2.67. The second-order valence-electron chi connectivity index (χ2n) is 4.08. The molecule has 0 saturated carbocycles. The smallest absolute Gasteiger partial charge is 0.343 e. The van der Waals surface area contributed by atoms with E-state index >= 15 is 0 Å². The number of para-hydroxylation sites is 1. The zero-order valence-electron chi connectivity index (χ0n) is 10.5. The molecule has 102 valence electrons. The summed E-state index contributed by atoms with van der Waals surface area (Å²) < 4.78 is 5.15. The number of hydrogen-bond donors (Lipinski definition) is 0. The van der Waals surface area contributed by atoms with E-state index in [0.717, 1.165) is 0 Å². The number of hydrogen-bond acceptors (Lipinski definition) is 4. The normalized spacial score (nSPS) is 10.1. The van der Waals surface area contributed by atoms with Crippen molar-refractivity contribution in [3.05, 3.63) is 68.7 Å². The first-order chi connectivity index (χ1) is 9.49. The molecule has 0 N–H and O–H groups in total. The molecule has 2 aromatic carbocycles. The Hall–Kier alpha value is -2.40. The van der Waals surface area contributed by atoms with Crippen molar-refractivity contribution in [3.8, 4) is 5.75 Å². The van der Waals surface area contributed by atoms with Crippen molar-refractivity contribution in [1.29, 1.82) is 0 Å². The van der Waals surface area contributed by atoms with Crippen LogP contribution in [0.5, 0.6) is 5.75 Å². The molecule has 0 aromatic heterocycles. The monoisotopic (exact) mass is 291 g/mol. The first-order valence-corrected chi connectivity index (χ1v) is 6.08. The minimum atomic E-state index is -0.615. The Morgan fingerprint density at radius 2 is 1.95 bits per heavy atom. The van der Waals surface area contributed by atoms with E-state index in [1.54, 1.807) is 31.2 Å². The number of nitro groups is 1. The summed E-state index contributed by atoms with van der Waals surface area (Å²) in [5, 5.41) is 11.0. The van der Waals surface area contributed by atoms with Crippen LogP contribution in [0, 0.1) is 17.0 Å².